The minimum atomic E-state index is 0.0963. The Morgan fingerprint density at radius 1 is 1.12 bits per heavy atom. The molecule has 96 valence electrons. The minimum Gasteiger partial charge on any atom is -0.376 e. The third-order valence-corrected chi connectivity index (χ3v) is 2.05. The summed E-state index contributed by atoms with van der Waals surface area (Å²) < 4.78 is 16.4. The van der Waals surface area contributed by atoms with Crippen LogP contribution in [0.25, 0.3) is 0 Å². The van der Waals surface area contributed by atoms with Crippen LogP contribution >= 0.6 is 0 Å². The van der Waals surface area contributed by atoms with Gasteiger partial charge in [-0.3, -0.25) is 0 Å². The van der Waals surface area contributed by atoms with Crippen LogP contribution in [0.1, 0.15) is 40.5 Å². The number of rotatable bonds is 11. The van der Waals surface area contributed by atoms with Gasteiger partial charge in [-0.2, -0.15) is 0 Å². The highest BCUT2D eigenvalue weighted by Gasteiger charge is 2.05. The fourth-order valence-electron chi connectivity index (χ4n) is 1.13. The van der Waals surface area contributed by atoms with Crippen LogP contribution in [0.3, 0.4) is 0 Å². The van der Waals surface area contributed by atoms with Crippen molar-refractivity contribution < 1.29 is 14.2 Å². The Morgan fingerprint density at radius 2 is 1.81 bits per heavy atom. The Labute approximate surface area is 100 Å². The van der Waals surface area contributed by atoms with E-state index in [0.717, 1.165) is 13.0 Å². The molecule has 2 unspecified atom stereocenters. The maximum Gasteiger partial charge on any atom is 0.0873 e. The first kappa shape index (κ1) is 15.9. The summed E-state index contributed by atoms with van der Waals surface area (Å²) in [6.07, 6.45) is 4.42. The van der Waals surface area contributed by atoms with Gasteiger partial charge in [0.15, 0.2) is 0 Å². The first-order valence-electron chi connectivity index (χ1n) is 6.16. The van der Waals surface area contributed by atoms with Gasteiger partial charge in [0.2, 0.25) is 0 Å². The largest absolute Gasteiger partial charge is 0.376 e. The highest BCUT2D eigenvalue weighted by molar-refractivity contribution is 4.68. The highest BCUT2D eigenvalue weighted by atomic mass is 16.6. The molecule has 0 heterocycles. The number of unbranched alkanes of at least 4 members (excludes halogenated alkanes) is 1. The van der Waals surface area contributed by atoms with Crippen molar-refractivity contribution in [2.24, 2.45) is 0 Å². The van der Waals surface area contributed by atoms with Crippen LogP contribution < -0.4 is 0 Å². The molecule has 0 saturated heterocycles. The maximum atomic E-state index is 5.57. The van der Waals surface area contributed by atoms with E-state index >= 15 is 0 Å². The Kier molecular flexibility index (Phi) is 11.3. The van der Waals surface area contributed by atoms with Gasteiger partial charge in [0.1, 0.15) is 0 Å². The van der Waals surface area contributed by atoms with Crippen LogP contribution in [0.4, 0.5) is 0 Å². The molecule has 3 heteroatoms. The topological polar surface area (TPSA) is 27.7 Å². The van der Waals surface area contributed by atoms with Gasteiger partial charge in [0, 0.05) is 6.61 Å². The molecule has 0 aromatic heterocycles. The summed E-state index contributed by atoms with van der Waals surface area (Å²) in [7, 11) is 0. The van der Waals surface area contributed by atoms with Crippen LogP contribution in [0.2, 0.25) is 0 Å². The SMILES string of the molecule is C[CH][CH]OC(C)COCC(C)OCCCC. The molecule has 0 saturated carbocycles. The second kappa shape index (κ2) is 11.4. The predicted octanol–water partition coefficient (Wildman–Crippen LogP) is 3.00. The van der Waals surface area contributed by atoms with Crippen molar-refractivity contribution in [3.05, 3.63) is 13.0 Å². The van der Waals surface area contributed by atoms with Crippen LogP contribution in [0.15, 0.2) is 0 Å². The van der Waals surface area contributed by atoms with E-state index in [1.165, 1.54) is 6.42 Å². The summed E-state index contributed by atoms with van der Waals surface area (Å²) in [5, 5.41) is 0. The molecule has 0 fully saturated rings. The van der Waals surface area contributed by atoms with Crippen molar-refractivity contribution in [3.8, 4) is 0 Å². The van der Waals surface area contributed by atoms with Gasteiger partial charge in [0.25, 0.3) is 0 Å². The summed E-state index contributed by atoms with van der Waals surface area (Å²) in [6.45, 7) is 11.9. The van der Waals surface area contributed by atoms with E-state index in [4.69, 9.17) is 14.2 Å². The number of hydrogen-bond acceptors (Lipinski definition) is 3. The van der Waals surface area contributed by atoms with Crippen LogP contribution in [0.5, 0.6) is 0 Å². The van der Waals surface area contributed by atoms with Crippen molar-refractivity contribution >= 4 is 0 Å². The molecule has 0 N–H and O–H groups in total. The van der Waals surface area contributed by atoms with Gasteiger partial charge in [-0.1, -0.05) is 20.3 Å². The summed E-state index contributed by atoms with van der Waals surface area (Å²) >= 11 is 0. The zero-order valence-electron chi connectivity index (χ0n) is 11.1. The molecule has 3 nitrogen and oxygen atoms in total. The van der Waals surface area contributed by atoms with Gasteiger partial charge in [-0.15, -0.1) is 0 Å². The molecular weight excluding hydrogens is 204 g/mol. The lowest BCUT2D eigenvalue weighted by Gasteiger charge is -2.16. The van der Waals surface area contributed by atoms with E-state index < -0.39 is 0 Å². The standard InChI is InChI=1S/C13H26O3/c1-5-7-9-16-13(4)11-14-10-12(3)15-8-6-2/h6,8,12-13H,5,7,9-11H2,1-4H3. The maximum absolute atomic E-state index is 5.57. The summed E-state index contributed by atoms with van der Waals surface area (Å²) in [5.74, 6) is 0. The molecule has 0 spiro atoms. The zero-order valence-corrected chi connectivity index (χ0v) is 11.1. The van der Waals surface area contributed by atoms with Gasteiger partial charge in [-0.05, 0) is 26.7 Å². The Morgan fingerprint density at radius 3 is 2.44 bits per heavy atom. The molecule has 0 aliphatic carbocycles. The quantitative estimate of drug-likeness (QED) is 0.511. The fourth-order valence-corrected chi connectivity index (χ4v) is 1.13. The molecule has 0 bridgehead atoms. The van der Waals surface area contributed by atoms with Gasteiger partial charge >= 0.3 is 0 Å². The lowest BCUT2D eigenvalue weighted by molar-refractivity contribution is -0.0354. The van der Waals surface area contributed by atoms with Crippen LogP contribution in [0, 0.1) is 13.0 Å². The van der Waals surface area contributed by atoms with E-state index in [-0.39, 0.29) is 12.2 Å². The first-order valence-corrected chi connectivity index (χ1v) is 6.16. The van der Waals surface area contributed by atoms with E-state index in [2.05, 4.69) is 6.92 Å². The summed E-state index contributed by atoms with van der Waals surface area (Å²) in [4.78, 5) is 0. The number of hydrogen-bond donors (Lipinski definition) is 0. The fraction of sp³-hybridized carbons (Fsp3) is 0.846. The van der Waals surface area contributed by atoms with Gasteiger partial charge in [-0.25, -0.2) is 0 Å². The molecule has 16 heavy (non-hydrogen) atoms. The molecule has 0 aromatic carbocycles. The average Bonchev–Trinajstić information content (AvgIpc) is 2.26. The summed E-state index contributed by atoms with van der Waals surface area (Å²) in [6, 6.07) is 0. The monoisotopic (exact) mass is 230 g/mol. The Hall–Kier alpha value is -0.120. The van der Waals surface area contributed by atoms with Crippen LogP contribution in [-0.2, 0) is 14.2 Å². The van der Waals surface area contributed by atoms with Crippen molar-refractivity contribution in [2.75, 3.05) is 19.8 Å². The van der Waals surface area contributed by atoms with Crippen LogP contribution in [-0.4, -0.2) is 32.0 Å². The molecule has 0 amide bonds. The Bertz CT molecular complexity index is 139. The normalized spacial score (nSPS) is 15.0. The van der Waals surface area contributed by atoms with E-state index in [1.807, 2.05) is 27.2 Å². The third kappa shape index (κ3) is 10.4. The van der Waals surface area contributed by atoms with Crippen molar-refractivity contribution in [2.45, 2.75) is 52.7 Å². The first-order chi connectivity index (χ1) is 7.70. The minimum absolute atomic E-state index is 0.0963. The smallest absolute Gasteiger partial charge is 0.0873 e. The second-order valence-corrected chi connectivity index (χ2v) is 3.99. The van der Waals surface area contributed by atoms with E-state index in [9.17, 15) is 0 Å². The molecular formula is C13H26O3. The average molecular weight is 230 g/mol. The van der Waals surface area contributed by atoms with Gasteiger partial charge in [0.05, 0.1) is 32.0 Å². The van der Waals surface area contributed by atoms with Crippen molar-refractivity contribution in [1.82, 2.24) is 0 Å². The highest BCUT2D eigenvalue weighted by Crippen LogP contribution is 1.99. The van der Waals surface area contributed by atoms with Crippen molar-refractivity contribution in [3.63, 3.8) is 0 Å². The molecule has 0 rings (SSSR count). The van der Waals surface area contributed by atoms with E-state index in [1.54, 1.807) is 6.61 Å². The molecule has 0 aliphatic heterocycles. The Balaban J connectivity index is 3.28. The van der Waals surface area contributed by atoms with Crippen molar-refractivity contribution in [1.29, 1.82) is 0 Å². The third-order valence-electron chi connectivity index (χ3n) is 2.05. The second-order valence-electron chi connectivity index (χ2n) is 3.99. The van der Waals surface area contributed by atoms with Gasteiger partial charge < -0.3 is 14.2 Å². The van der Waals surface area contributed by atoms with E-state index in [0.29, 0.717) is 13.2 Å². The lowest BCUT2D eigenvalue weighted by atomic mass is 10.3. The molecule has 2 atom stereocenters. The number of ether oxygens (including phenoxy) is 3. The lowest BCUT2D eigenvalue weighted by Crippen LogP contribution is -2.21. The predicted molar refractivity (Wildman–Crippen MR) is 66.0 cm³/mol. The zero-order chi connectivity index (χ0) is 12.2. The molecule has 0 aromatic rings. The molecule has 0 aliphatic rings. The summed E-state index contributed by atoms with van der Waals surface area (Å²) in [5.41, 5.74) is 0. The molecule has 2 radical (unpaired) electrons.